The summed E-state index contributed by atoms with van der Waals surface area (Å²) in [6.45, 7) is -0.225. The van der Waals surface area contributed by atoms with Crippen LogP contribution in [0.5, 0.6) is 0 Å². The normalized spacial score (nSPS) is 11.2. The van der Waals surface area contributed by atoms with E-state index in [1.54, 1.807) is 34.4 Å². The van der Waals surface area contributed by atoms with E-state index in [1.807, 2.05) is 5.38 Å². The van der Waals surface area contributed by atoms with Crippen molar-refractivity contribution in [2.24, 2.45) is 0 Å². The third-order valence-electron chi connectivity index (χ3n) is 4.13. The average Bonchev–Trinajstić information content (AvgIpc) is 3.19. The van der Waals surface area contributed by atoms with Crippen molar-refractivity contribution in [2.45, 2.75) is 6.54 Å². The SMILES string of the molecule is O=C(Cn1c2ccc(F)cc2c(=O)c2ccc(-c3nccs3)cc21)NO. The van der Waals surface area contributed by atoms with Gasteiger partial charge < -0.3 is 4.57 Å². The molecule has 0 radical (unpaired) electrons. The van der Waals surface area contributed by atoms with Crippen molar-refractivity contribution in [3.8, 4) is 10.6 Å². The number of carbonyl (C=O) groups excluding carboxylic acids is 1. The summed E-state index contributed by atoms with van der Waals surface area (Å²) in [5, 5.41) is 12.0. The van der Waals surface area contributed by atoms with Crippen LogP contribution in [0.4, 0.5) is 4.39 Å². The third kappa shape index (κ3) is 2.65. The molecule has 0 atom stereocenters. The zero-order chi connectivity index (χ0) is 18.3. The molecule has 0 aliphatic rings. The second-order valence-corrected chi connectivity index (χ2v) is 6.58. The van der Waals surface area contributed by atoms with Crippen molar-refractivity contribution in [2.75, 3.05) is 0 Å². The van der Waals surface area contributed by atoms with Gasteiger partial charge in [-0.3, -0.25) is 14.8 Å². The van der Waals surface area contributed by atoms with Crippen LogP contribution in [0.2, 0.25) is 0 Å². The molecule has 2 heterocycles. The maximum absolute atomic E-state index is 13.7. The maximum Gasteiger partial charge on any atom is 0.263 e. The summed E-state index contributed by atoms with van der Waals surface area (Å²) in [7, 11) is 0. The van der Waals surface area contributed by atoms with Gasteiger partial charge in [-0.15, -0.1) is 11.3 Å². The summed E-state index contributed by atoms with van der Waals surface area (Å²) in [4.78, 5) is 28.9. The van der Waals surface area contributed by atoms with Crippen LogP contribution in [0.15, 0.2) is 52.8 Å². The number of benzene rings is 2. The lowest BCUT2D eigenvalue weighted by molar-refractivity contribution is -0.129. The number of hydrogen-bond acceptors (Lipinski definition) is 5. The van der Waals surface area contributed by atoms with Crippen LogP contribution < -0.4 is 10.9 Å². The van der Waals surface area contributed by atoms with Crippen molar-refractivity contribution in [1.82, 2.24) is 15.0 Å². The van der Waals surface area contributed by atoms with Gasteiger partial charge in [0.15, 0.2) is 5.43 Å². The van der Waals surface area contributed by atoms with Gasteiger partial charge in [0, 0.05) is 27.9 Å². The first-order valence-corrected chi connectivity index (χ1v) is 8.55. The van der Waals surface area contributed by atoms with Gasteiger partial charge in [-0.05, 0) is 30.3 Å². The van der Waals surface area contributed by atoms with E-state index in [0.29, 0.717) is 16.4 Å². The number of halogens is 1. The van der Waals surface area contributed by atoms with Crippen molar-refractivity contribution >= 4 is 39.0 Å². The lowest BCUT2D eigenvalue weighted by Gasteiger charge is -2.15. The first-order valence-electron chi connectivity index (χ1n) is 7.67. The van der Waals surface area contributed by atoms with Gasteiger partial charge >= 0.3 is 0 Å². The Hall–Kier alpha value is -3.10. The van der Waals surface area contributed by atoms with Gasteiger partial charge in [-0.1, -0.05) is 6.07 Å². The van der Waals surface area contributed by atoms with E-state index in [9.17, 15) is 14.0 Å². The van der Waals surface area contributed by atoms with Crippen molar-refractivity contribution in [3.05, 3.63) is 64.0 Å². The fraction of sp³-hybridized carbons (Fsp3) is 0.0556. The molecule has 0 fully saturated rings. The summed E-state index contributed by atoms with van der Waals surface area (Å²) >= 11 is 1.45. The molecular formula is C18H12FN3O3S. The second kappa shape index (κ2) is 6.32. The van der Waals surface area contributed by atoms with E-state index in [2.05, 4.69) is 4.98 Å². The Morgan fingerprint density at radius 1 is 1.19 bits per heavy atom. The highest BCUT2D eigenvalue weighted by molar-refractivity contribution is 7.13. The number of aromatic nitrogens is 2. The number of rotatable bonds is 3. The third-order valence-corrected chi connectivity index (χ3v) is 4.96. The number of amides is 1. The van der Waals surface area contributed by atoms with Crippen LogP contribution in [0.1, 0.15) is 0 Å². The Balaban J connectivity index is 2.10. The molecule has 0 aliphatic carbocycles. The van der Waals surface area contributed by atoms with Crippen LogP contribution in [0.3, 0.4) is 0 Å². The number of carbonyl (C=O) groups is 1. The minimum atomic E-state index is -0.653. The largest absolute Gasteiger partial charge is 0.331 e. The molecule has 4 rings (SSSR count). The van der Waals surface area contributed by atoms with E-state index in [-0.39, 0.29) is 17.4 Å². The molecule has 130 valence electrons. The van der Waals surface area contributed by atoms with Crippen LogP contribution in [-0.4, -0.2) is 20.7 Å². The topological polar surface area (TPSA) is 84.2 Å². The fourth-order valence-electron chi connectivity index (χ4n) is 3.00. The predicted octanol–water partition coefficient (Wildman–Crippen LogP) is 2.92. The molecule has 0 unspecified atom stereocenters. The summed E-state index contributed by atoms with van der Waals surface area (Å²) in [5.74, 6) is -1.19. The summed E-state index contributed by atoms with van der Waals surface area (Å²) in [6.07, 6.45) is 1.68. The molecule has 2 N–H and O–H groups in total. The van der Waals surface area contributed by atoms with Crippen molar-refractivity contribution in [3.63, 3.8) is 0 Å². The van der Waals surface area contributed by atoms with E-state index in [0.717, 1.165) is 16.6 Å². The molecule has 4 aromatic rings. The number of thiazole rings is 1. The maximum atomic E-state index is 13.7. The number of nitrogens with one attached hydrogen (secondary N) is 1. The first-order chi connectivity index (χ1) is 12.6. The zero-order valence-corrected chi connectivity index (χ0v) is 14.1. The van der Waals surface area contributed by atoms with Gasteiger partial charge in [0.1, 0.15) is 17.4 Å². The molecule has 2 aromatic carbocycles. The zero-order valence-electron chi connectivity index (χ0n) is 13.3. The minimum absolute atomic E-state index is 0.172. The van der Waals surface area contributed by atoms with Crippen LogP contribution in [-0.2, 0) is 11.3 Å². The average molecular weight is 369 g/mol. The smallest absolute Gasteiger partial charge is 0.263 e. The summed E-state index contributed by atoms with van der Waals surface area (Å²) in [5.41, 5.74) is 2.98. The van der Waals surface area contributed by atoms with E-state index in [1.165, 1.54) is 23.5 Å². The molecule has 6 nitrogen and oxygen atoms in total. The van der Waals surface area contributed by atoms with Crippen molar-refractivity contribution in [1.29, 1.82) is 0 Å². The fourth-order valence-corrected chi connectivity index (χ4v) is 3.63. The molecule has 8 heteroatoms. The Bertz CT molecular complexity index is 1200. The van der Waals surface area contributed by atoms with Gasteiger partial charge in [-0.25, -0.2) is 14.9 Å². The Morgan fingerprint density at radius 2 is 2.04 bits per heavy atom. The summed E-state index contributed by atoms with van der Waals surface area (Å²) < 4.78 is 15.2. The Morgan fingerprint density at radius 3 is 2.77 bits per heavy atom. The lowest BCUT2D eigenvalue weighted by atomic mass is 10.1. The van der Waals surface area contributed by atoms with Crippen LogP contribution in [0, 0.1) is 5.82 Å². The van der Waals surface area contributed by atoms with E-state index >= 15 is 0 Å². The molecule has 0 saturated heterocycles. The lowest BCUT2D eigenvalue weighted by Crippen LogP contribution is -2.25. The highest BCUT2D eigenvalue weighted by atomic mass is 32.1. The number of hydrogen-bond donors (Lipinski definition) is 2. The number of fused-ring (bicyclic) bond motifs is 2. The molecule has 0 saturated carbocycles. The molecular weight excluding hydrogens is 357 g/mol. The highest BCUT2D eigenvalue weighted by Crippen LogP contribution is 2.27. The van der Waals surface area contributed by atoms with E-state index in [4.69, 9.17) is 5.21 Å². The molecule has 0 bridgehead atoms. The Kier molecular flexibility index (Phi) is 3.98. The minimum Gasteiger partial charge on any atom is -0.331 e. The van der Waals surface area contributed by atoms with Gasteiger partial charge in [0.05, 0.1) is 11.0 Å². The van der Waals surface area contributed by atoms with E-state index < -0.39 is 11.7 Å². The Labute approximate surface area is 150 Å². The molecule has 0 aliphatic heterocycles. The van der Waals surface area contributed by atoms with Gasteiger partial charge in [0.25, 0.3) is 5.91 Å². The molecule has 26 heavy (non-hydrogen) atoms. The molecule has 0 spiro atoms. The van der Waals surface area contributed by atoms with Gasteiger partial charge in [-0.2, -0.15) is 0 Å². The standard InChI is InChI=1S/C18H12FN3O3S/c19-11-2-4-14-13(8-11)17(24)12-3-1-10(18-20-5-6-26-18)7-15(12)22(14)9-16(23)21-25/h1-8,25H,9H2,(H,21,23). The highest BCUT2D eigenvalue weighted by Gasteiger charge is 2.15. The van der Waals surface area contributed by atoms with Crippen LogP contribution in [0.25, 0.3) is 32.4 Å². The molecule has 2 aromatic heterocycles. The summed E-state index contributed by atoms with van der Waals surface area (Å²) in [6, 6.07) is 9.01. The number of hydroxylamine groups is 1. The van der Waals surface area contributed by atoms with Crippen LogP contribution >= 0.6 is 11.3 Å². The second-order valence-electron chi connectivity index (χ2n) is 5.68. The first kappa shape index (κ1) is 16.4. The monoisotopic (exact) mass is 369 g/mol. The molecule has 1 amide bonds. The predicted molar refractivity (Wildman–Crippen MR) is 96.7 cm³/mol. The van der Waals surface area contributed by atoms with Gasteiger partial charge in [0.2, 0.25) is 0 Å². The quantitative estimate of drug-likeness (QED) is 0.330. The van der Waals surface area contributed by atoms with Crippen molar-refractivity contribution < 1.29 is 14.4 Å². The number of pyridine rings is 1. The number of nitrogens with zero attached hydrogens (tertiary/aromatic N) is 2.